The van der Waals surface area contributed by atoms with E-state index in [2.05, 4.69) is 46.7 Å². The molecule has 1 spiro atoms. The summed E-state index contributed by atoms with van der Waals surface area (Å²) in [6.07, 6.45) is 19.7. The number of hydrogen-bond acceptors (Lipinski definition) is 5. The summed E-state index contributed by atoms with van der Waals surface area (Å²) in [5.41, 5.74) is 3.36. The van der Waals surface area contributed by atoms with Crippen LogP contribution < -0.4 is 9.47 Å². The summed E-state index contributed by atoms with van der Waals surface area (Å²) in [5, 5.41) is 11.3. The van der Waals surface area contributed by atoms with Gasteiger partial charge in [0.15, 0.2) is 11.5 Å². The number of unbranched alkanes of at least 4 members (excludes halogenated alkanes) is 2. The molecule has 0 unspecified atom stereocenters. The number of carbonyl (C=O) groups is 1. The highest BCUT2D eigenvalue weighted by Gasteiger charge is 2.67. The maximum atomic E-state index is 14.4. The van der Waals surface area contributed by atoms with Crippen LogP contribution in [0.2, 0.25) is 0 Å². The topological polar surface area (TPSA) is 62.2 Å². The predicted octanol–water partition coefficient (Wildman–Crippen LogP) is 7.99. The third-order valence-electron chi connectivity index (χ3n) is 12.7. The molecule has 0 radical (unpaired) electrons. The van der Waals surface area contributed by atoms with Crippen molar-refractivity contribution in [3.05, 3.63) is 65.7 Å². The first-order valence-electron chi connectivity index (χ1n) is 18.8. The molecule has 2 heterocycles. The van der Waals surface area contributed by atoms with Gasteiger partial charge in [0.1, 0.15) is 11.9 Å². The minimum Gasteiger partial charge on any atom is -0.508 e. The lowest BCUT2D eigenvalue weighted by Gasteiger charge is -2.60. The van der Waals surface area contributed by atoms with Gasteiger partial charge in [0.25, 0.3) is 0 Å². The molecular weight excluding hydrogens is 584 g/mol. The lowest BCUT2D eigenvalue weighted by Crippen LogP contribution is -2.69. The number of amides is 1. The summed E-state index contributed by atoms with van der Waals surface area (Å²) < 4.78 is 12.9. The van der Waals surface area contributed by atoms with Gasteiger partial charge in [-0.3, -0.25) is 9.69 Å². The van der Waals surface area contributed by atoms with E-state index in [4.69, 9.17) is 9.47 Å². The van der Waals surface area contributed by atoms with Crippen molar-refractivity contribution in [3.8, 4) is 17.2 Å². The van der Waals surface area contributed by atoms with Gasteiger partial charge in [-0.1, -0.05) is 81.4 Å². The van der Waals surface area contributed by atoms with Gasteiger partial charge in [0, 0.05) is 48.2 Å². The van der Waals surface area contributed by atoms with E-state index >= 15 is 0 Å². The van der Waals surface area contributed by atoms with E-state index in [9.17, 15) is 9.90 Å². The number of methoxy groups -OCH3 is 1. The second-order valence-electron chi connectivity index (χ2n) is 15.2. The molecule has 1 N–H and O–H groups in total. The lowest BCUT2D eigenvalue weighted by atomic mass is 9.50. The maximum absolute atomic E-state index is 14.4. The van der Waals surface area contributed by atoms with E-state index in [0.29, 0.717) is 35.8 Å². The largest absolute Gasteiger partial charge is 0.508 e. The molecule has 47 heavy (non-hydrogen) atoms. The molecule has 6 heteroatoms. The Morgan fingerprint density at radius 2 is 1.94 bits per heavy atom. The summed E-state index contributed by atoms with van der Waals surface area (Å²) >= 11 is 0. The Kier molecular flexibility index (Phi) is 9.86. The molecule has 5 aliphatic rings. The van der Waals surface area contributed by atoms with Crippen molar-refractivity contribution in [1.29, 1.82) is 0 Å². The SMILES string of the molecule is C=CCN1CC[C@]23c4c5c(O)cc(OC)c4O[C@H]2[C@@H](N(CCCCc2ccccc2)C(=O)CCCCC2CCCCC2)CC[C@H]3[C@H]1C5. The number of aryl methyl sites for hydroxylation is 1. The highest BCUT2D eigenvalue weighted by Crippen LogP contribution is 2.65. The molecule has 1 saturated heterocycles. The number of aromatic hydroxyl groups is 1. The highest BCUT2D eigenvalue weighted by molar-refractivity contribution is 5.77. The van der Waals surface area contributed by atoms with E-state index < -0.39 is 0 Å². The molecule has 2 aromatic carbocycles. The van der Waals surface area contributed by atoms with E-state index in [-0.39, 0.29) is 17.6 Å². The van der Waals surface area contributed by atoms with Crippen molar-refractivity contribution in [2.45, 2.75) is 126 Å². The van der Waals surface area contributed by atoms with Gasteiger partial charge < -0.3 is 19.5 Å². The molecule has 6 nitrogen and oxygen atoms in total. The fourth-order valence-corrected chi connectivity index (χ4v) is 10.6. The van der Waals surface area contributed by atoms with Crippen molar-refractivity contribution in [1.82, 2.24) is 9.80 Å². The van der Waals surface area contributed by atoms with Crippen molar-refractivity contribution < 1.29 is 19.4 Å². The fourth-order valence-electron chi connectivity index (χ4n) is 10.6. The van der Waals surface area contributed by atoms with Gasteiger partial charge in [0.05, 0.1) is 13.2 Å². The summed E-state index contributed by atoms with van der Waals surface area (Å²) in [7, 11) is 1.67. The number of ether oxygens (including phenoxy) is 2. The molecule has 2 aliphatic heterocycles. The van der Waals surface area contributed by atoms with E-state index in [1.807, 2.05) is 6.08 Å². The first kappa shape index (κ1) is 32.6. The molecule has 5 atom stereocenters. The number of carbonyl (C=O) groups excluding carboxylic acids is 1. The Hall–Kier alpha value is -2.99. The number of phenolic OH excluding ortho intramolecular Hbond substituents is 1. The smallest absolute Gasteiger partial charge is 0.222 e. The van der Waals surface area contributed by atoms with E-state index in [1.54, 1.807) is 13.2 Å². The number of likely N-dealkylation sites (tertiary alicyclic amines) is 1. The number of rotatable bonds is 14. The quantitative estimate of drug-likeness (QED) is 0.168. The molecule has 7 rings (SSSR count). The Balaban J connectivity index is 1.15. The first-order chi connectivity index (χ1) is 23.0. The van der Waals surface area contributed by atoms with Crippen LogP contribution in [0.5, 0.6) is 17.2 Å². The molecule has 1 amide bonds. The number of phenols is 1. The van der Waals surface area contributed by atoms with Crippen LogP contribution in [0, 0.1) is 11.8 Å². The van der Waals surface area contributed by atoms with Crippen molar-refractivity contribution in [2.75, 3.05) is 26.7 Å². The molecule has 2 saturated carbocycles. The monoisotopic (exact) mass is 640 g/mol. The lowest BCUT2D eigenvalue weighted by molar-refractivity contribution is -0.142. The van der Waals surface area contributed by atoms with Gasteiger partial charge in [-0.05, 0) is 75.3 Å². The zero-order valence-electron chi connectivity index (χ0n) is 28.6. The van der Waals surface area contributed by atoms with Crippen molar-refractivity contribution in [3.63, 3.8) is 0 Å². The minimum atomic E-state index is -0.219. The van der Waals surface area contributed by atoms with Crippen LogP contribution in [-0.2, 0) is 23.1 Å². The van der Waals surface area contributed by atoms with E-state index in [0.717, 1.165) is 94.7 Å². The van der Waals surface area contributed by atoms with Gasteiger partial charge in [0.2, 0.25) is 5.91 Å². The molecule has 3 aliphatic carbocycles. The third kappa shape index (κ3) is 6.09. The number of hydrogen-bond donors (Lipinski definition) is 1. The third-order valence-corrected chi connectivity index (χ3v) is 12.7. The fraction of sp³-hybridized carbons (Fsp3) is 0.634. The highest BCUT2D eigenvalue weighted by atomic mass is 16.5. The van der Waals surface area contributed by atoms with Crippen LogP contribution in [0.15, 0.2) is 49.1 Å². The van der Waals surface area contributed by atoms with Crippen LogP contribution in [0.1, 0.15) is 107 Å². The predicted molar refractivity (Wildman–Crippen MR) is 187 cm³/mol. The Labute approximate surface area is 282 Å². The van der Waals surface area contributed by atoms with E-state index in [1.165, 1.54) is 49.7 Å². The average molecular weight is 641 g/mol. The minimum absolute atomic E-state index is 0.0191. The van der Waals surface area contributed by atoms with Gasteiger partial charge in [-0.15, -0.1) is 6.58 Å². The second kappa shape index (κ2) is 14.2. The zero-order valence-corrected chi connectivity index (χ0v) is 28.6. The van der Waals surface area contributed by atoms with Gasteiger partial charge >= 0.3 is 0 Å². The summed E-state index contributed by atoms with van der Waals surface area (Å²) in [6.45, 7) is 6.67. The van der Waals surface area contributed by atoms with Crippen molar-refractivity contribution >= 4 is 5.91 Å². The van der Waals surface area contributed by atoms with Crippen LogP contribution >= 0.6 is 0 Å². The van der Waals surface area contributed by atoms with Gasteiger partial charge in [-0.25, -0.2) is 0 Å². The molecule has 3 fully saturated rings. The van der Waals surface area contributed by atoms with Crippen LogP contribution in [0.4, 0.5) is 0 Å². The number of nitrogens with zero attached hydrogens (tertiary/aromatic N) is 2. The summed E-state index contributed by atoms with van der Waals surface area (Å²) in [4.78, 5) is 19.2. The normalized spacial score (nSPS) is 27.9. The number of benzene rings is 2. The molecule has 0 aromatic heterocycles. The first-order valence-corrected chi connectivity index (χ1v) is 18.8. The molecule has 2 aromatic rings. The standard InChI is InChI=1S/C41H56N2O4/c1-3-24-42-26-23-41-32-21-22-33(40(41)47-39-36(46-2)28-35(44)31(38(39)41)27-34(32)42)43(25-13-12-19-30-16-8-5-9-17-30)37(45)20-11-10-18-29-14-6-4-7-15-29/h3,5,8-9,16-17,28-29,32-34,40,44H,1,4,6-7,10-15,18-27H2,2H3/t32-,33-,34+,40-,41-/m0/s1. The Bertz CT molecular complexity index is 1400. The number of piperidine rings is 1. The van der Waals surface area contributed by atoms with Crippen LogP contribution in [0.25, 0.3) is 0 Å². The summed E-state index contributed by atoms with van der Waals surface area (Å²) in [6, 6.07) is 12.8. The zero-order chi connectivity index (χ0) is 32.4. The second-order valence-corrected chi connectivity index (χ2v) is 15.2. The van der Waals surface area contributed by atoms with Gasteiger partial charge in [-0.2, -0.15) is 0 Å². The maximum Gasteiger partial charge on any atom is 0.222 e. The average Bonchev–Trinajstić information content (AvgIpc) is 3.44. The molecule has 254 valence electrons. The molecule has 2 bridgehead atoms. The Morgan fingerprint density at radius 3 is 2.72 bits per heavy atom. The summed E-state index contributed by atoms with van der Waals surface area (Å²) in [5.74, 6) is 3.35. The van der Waals surface area contributed by atoms with Crippen LogP contribution in [0.3, 0.4) is 0 Å². The Morgan fingerprint density at radius 1 is 1.11 bits per heavy atom. The van der Waals surface area contributed by atoms with Crippen molar-refractivity contribution in [2.24, 2.45) is 11.8 Å². The van der Waals surface area contributed by atoms with Crippen LogP contribution in [-0.4, -0.2) is 65.7 Å². The molecular formula is C41H56N2O4.